The number of methoxy groups -OCH3 is 1. The van der Waals surface area contributed by atoms with E-state index < -0.39 is 13.6 Å². The van der Waals surface area contributed by atoms with E-state index in [2.05, 4.69) is 4.74 Å². The van der Waals surface area contributed by atoms with Crippen molar-refractivity contribution < 1.29 is 23.1 Å². The maximum atomic E-state index is 12.2. The van der Waals surface area contributed by atoms with Gasteiger partial charge in [-0.3, -0.25) is 9.36 Å². The molecule has 0 saturated carbocycles. The molecule has 0 aliphatic carbocycles. The Morgan fingerprint density at radius 2 is 1.56 bits per heavy atom. The molecule has 16 heavy (non-hydrogen) atoms. The van der Waals surface area contributed by atoms with Crippen LogP contribution in [0, 0.1) is 0 Å². The first kappa shape index (κ1) is 15.6. The minimum atomic E-state index is -3.20. The number of hydrogen-bond acceptors (Lipinski definition) is 5. The Morgan fingerprint density at radius 3 is 1.88 bits per heavy atom. The van der Waals surface area contributed by atoms with Crippen molar-refractivity contribution in [1.82, 2.24) is 0 Å². The zero-order valence-corrected chi connectivity index (χ0v) is 11.5. The van der Waals surface area contributed by atoms with Crippen molar-refractivity contribution in [3.8, 4) is 0 Å². The van der Waals surface area contributed by atoms with E-state index in [4.69, 9.17) is 9.05 Å². The predicted molar refractivity (Wildman–Crippen MR) is 61.5 cm³/mol. The zero-order valence-electron chi connectivity index (χ0n) is 10.6. The Bertz CT molecular complexity index is 248. The highest BCUT2D eigenvalue weighted by molar-refractivity contribution is 7.53. The lowest BCUT2D eigenvalue weighted by molar-refractivity contribution is -0.140. The molecule has 0 aromatic heterocycles. The summed E-state index contributed by atoms with van der Waals surface area (Å²) in [5.74, 6) is -0.417. The van der Waals surface area contributed by atoms with Gasteiger partial charge in [0.25, 0.3) is 0 Å². The lowest BCUT2D eigenvalue weighted by atomic mass is 10.5. The van der Waals surface area contributed by atoms with Crippen molar-refractivity contribution in [2.75, 3.05) is 13.3 Å². The van der Waals surface area contributed by atoms with Crippen molar-refractivity contribution in [1.29, 1.82) is 0 Å². The fraction of sp³-hybridized carbons (Fsp3) is 0.900. The molecule has 0 fully saturated rings. The lowest BCUT2D eigenvalue weighted by Crippen LogP contribution is -2.12. The fourth-order valence-corrected chi connectivity index (χ4v) is 3.10. The van der Waals surface area contributed by atoms with Gasteiger partial charge in [-0.25, -0.2) is 0 Å². The Kier molecular flexibility index (Phi) is 6.88. The van der Waals surface area contributed by atoms with Crippen LogP contribution in [0.4, 0.5) is 0 Å². The second-order valence-electron chi connectivity index (χ2n) is 3.97. The third-order valence-corrected chi connectivity index (χ3v) is 3.82. The largest absolute Gasteiger partial charge is 0.469 e. The topological polar surface area (TPSA) is 61.8 Å². The van der Waals surface area contributed by atoms with Crippen molar-refractivity contribution in [2.24, 2.45) is 0 Å². The van der Waals surface area contributed by atoms with Gasteiger partial charge in [0.2, 0.25) is 0 Å². The van der Waals surface area contributed by atoms with Crippen LogP contribution in [-0.4, -0.2) is 31.4 Å². The summed E-state index contributed by atoms with van der Waals surface area (Å²) in [7, 11) is -1.91. The van der Waals surface area contributed by atoms with Crippen molar-refractivity contribution >= 4 is 13.6 Å². The summed E-state index contributed by atoms with van der Waals surface area (Å²) in [5, 5.41) is 0. The molecule has 0 spiro atoms. The Hall–Kier alpha value is -0.380. The van der Waals surface area contributed by atoms with Gasteiger partial charge in [0.15, 0.2) is 0 Å². The van der Waals surface area contributed by atoms with Crippen LogP contribution < -0.4 is 0 Å². The van der Waals surface area contributed by atoms with Gasteiger partial charge in [-0.2, -0.15) is 0 Å². The summed E-state index contributed by atoms with van der Waals surface area (Å²) in [6.07, 6.45) is -0.326. The van der Waals surface area contributed by atoms with Crippen LogP contribution in [0.1, 0.15) is 34.1 Å². The minimum absolute atomic E-state index is 0.0349. The van der Waals surface area contributed by atoms with E-state index in [-0.39, 0.29) is 24.8 Å². The van der Waals surface area contributed by atoms with Crippen molar-refractivity contribution in [2.45, 2.75) is 46.3 Å². The van der Waals surface area contributed by atoms with E-state index in [0.29, 0.717) is 0 Å². The molecule has 6 heteroatoms. The number of esters is 1. The molecule has 0 aromatic rings. The summed E-state index contributed by atoms with van der Waals surface area (Å²) < 4.78 is 27.2. The molecule has 0 unspecified atom stereocenters. The third kappa shape index (κ3) is 6.99. The van der Waals surface area contributed by atoms with Crippen LogP contribution in [0.3, 0.4) is 0 Å². The van der Waals surface area contributed by atoms with E-state index in [9.17, 15) is 9.36 Å². The first-order chi connectivity index (χ1) is 7.29. The van der Waals surface area contributed by atoms with E-state index in [1.54, 1.807) is 27.7 Å². The van der Waals surface area contributed by atoms with E-state index in [0.717, 1.165) is 0 Å². The van der Waals surface area contributed by atoms with Gasteiger partial charge < -0.3 is 13.8 Å². The van der Waals surface area contributed by atoms with Crippen LogP contribution in [0.2, 0.25) is 0 Å². The Balaban J connectivity index is 4.41. The normalized spacial score (nSPS) is 12.2. The Morgan fingerprint density at radius 1 is 1.12 bits per heavy atom. The monoisotopic (exact) mass is 252 g/mol. The summed E-state index contributed by atoms with van der Waals surface area (Å²) in [6, 6.07) is 0. The summed E-state index contributed by atoms with van der Waals surface area (Å²) in [5.41, 5.74) is 0. The minimum Gasteiger partial charge on any atom is -0.469 e. The molecule has 0 heterocycles. The van der Waals surface area contributed by atoms with Crippen molar-refractivity contribution in [3.05, 3.63) is 0 Å². The average molecular weight is 252 g/mol. The Labute approximate surface area is 97.0 Å². The smallest absolute Gasteiger partial charge is 0.331 e. The first-order valence-electron chi connectivity index (χ1n) is 5.31. The molecular formula is C10H21O5P. The molecule has 0 bridgehead atoms. The van der Waals surface area contributed by atoms with Crippen LogP contribution in [-0.2, 0) is 23.1 Å². The second-order valence-corrected chi connectivity index (χ2v) is 6.06. The number of hydrogen-bond donors (Lipinski definition) is 0. The fourth-order valence-electron chi connectivity index (χ4n) is 1.10. The molecule has 0 aliphatic rings. The van der Waals surface area contributed by atoms with E-state index in [1.165, 1.54) is 7.11 Å². The van der Waals surface area contributed by atoms with Crippen LogP contribution in [0.5, 0.6) is 0 Å². The van der Waals surface area contributed by atoms with Gasteiger partial charge in [0, 0.05) is 0 Å². The number of ether oxygens (including phenoxy) is 1. The van der Waals surface area contributed by atoms with Crippen LogP contribution >= 0.6 is 7.60 Å². The van der Waals surface area contributed by atoms with Crippen LogP contribution in [0.25, 0.3) is 0 Å². The highest BCUT2D eigenvalue weighted by Crippen LogP contribution is 2.50. The molecule has 0 radical (unpaired) electrons. The number of carbonyl (C=O) groups is 1. The predicted octanol–water partition coefficient (Wildman–Crippen LogP) is 2.59. The molecule has 0 saturated heterocycles. The quantitative estimate of drug-likeness (QED) is 0.514. The molecular weight excluding hydrogens is 231 g/mol. The number of rotatable bonds is 7. The maximum absolute atomic E-state index is 12.2. The number of carbonyl (C=O) groups excluding carboxylic acids is 1. The summed E-state index contributed by atoms with van der Waals surface area (Å²) in [4.78, 5) is 11.0. The molecule has 0 N–H and O–H groups in total. The lowest BCUT2D eigenvalue weighted by Gasteiger charge is -2.22. The summed E-state index contributed by atoms with van der Waals surface area (Å²) >= 11 is 0. The van der Waals surface area contributed by atoms with Crippen LogP contribution in [0.15, 0.2) is 0 Å². The van der Waals surface area contributed by atoms with Crippen molar-refractivity contribution in [3.63, 3.8) is 0 Å². The molecule has 0 aliphatic heterocycles. The standard InChI is InChI=1S/C10H21O5P/c1-8(2)14-16(12,15-9(3)4)7-6-10(11)13-5/h8-9H,6-7H2,1-5H3. The third-order valence-electron chi connectivity index (χ3n) is 1.56. The average Bonchev–Trinajstić information content (AvgIpc) is 2.11. The van der Waals surface area contributed by atoms with E-state index >= 15 is 0 Å². The molecule has 0 atom stereocenters. The summed E-state index contributed by atoms with van der Waals surface area (Å²) in [6.45, 7) is 7.09. The van der Waals surface area contributed by atoms with Gasteiger partial charge in [0.1, 0.15) is 0 Å². The molecule has 0 aromatic carbocycles. The van der Waals surface area contributed by atoms with Gasteiger partial charge in [0.05, 0.1) is 31.9 Å². The highest BCUT2D eigenvalue weighted by Gasteiger charge is 2.28. The zero-order chi connectivity index (χ0) is 12.8. The molecule has 0 amide bonds. The van der Waals surface area contributed by atoms with Gasteiger partial charge in [-0.15, -0.1) is 0 Å². The molecule has 96 valence electrons. The van der Waals surface area contributed by atoms with Gasteiger partial charge >= 0.3 is 13.6 Å². The van der Waals surface area contributed by atoms with Gasteiger partial charge in [-0.05, 0) is 27.7 Å². The first-order valence-corrected chi connectivity index (χ1v) is 7.04. The second kappa shape index (κ2) is 7.05. The molecule has 5 nitrogen and oxygen atoms in total. The maximum Gasteiger partial charge on any atom is 0.331 e. The highest BCUT2D eigenvalue weighted by atomic mass is 31.2. The SMILES string of the molecule is COC(=O)CCP(=O)(OC(C)C)OC(C)C. The molecule has 0 rings (SSSR count). The van der Waals surface area contributed by atoms with E-state index in [1.807, 2.05) is 0 Å². The van der Waals surface area contributed by atoms with Gasteiger partial charge in [-0.1, -0.05) is 0 Å².